The van der Waals surface area contributed by atoms with Crippen LogP contribution in [-0.4, -0.2) is 192 Å². The maximum absolute atomic E-state index is 13.6. The summed E-state index contributed by atoms with van der Waals surface area (Å²) in [5.74, 6) is -12.3. The molecule has 582 valence electrons. The third-order valence-corrected chi connectivity index (χ3v) is 19.4. The summed E-state index contributed by atoms with van der Waals surface area (Å²) in [7, 11) is 3.06. The Morgan fingerprint density at radius 2 is 1.29 bits per heavy atom. The Kier molecular flexibility index (Phi) is 34.2. The van der Waals surface area contributed by atoms with Crippen LogP contribution in [0, 0.1) is 18.8 Å². The third kappa shape index (κ3) is 23.5. The van der Waals surface area contributed by atoms with Gasteiger partial charge in [-0.3, -0.25) is 62.5 Å². The lowest BCUT2D eigenvalue weighted by Crippen LogP contribution is -2.64. The lowest BCUT2D eigenvalue weighted by Gasteiger charge is -2.47. The fourth-order valence-electron chi connectivity index (χ4n) is 13.1. The minimum absolute atomic E-state index is 0.0413. The molecular weight excluding hydrogens is 1400 g/mol. The number of amides is 7. The van der Waals surface area contributed by atoms with Gasteiger partial charge < -0.3 is 69.1 Å². The number of benzene rings is 3. The van der Waals surface area contributed by atoms with Crippen LogP contribution in [0.3, 0.4) is 0 Å². The molecule has 0 spiro atoms. The van der Waals surface area contributed by atoms with Crippen molar-refractivity contribution in [3.8, 4) is 11.5 Å². The second kappa shape index (κ2) is 40.3. The van der Waals surface area contributed by atoms with E-state index in [-0.39, 0.29) is 94.9 Å². The van der Waals surface area contributed by atoms with Gasteiger partial charge in [0.15, 0.2) is 22.8 Å². The minimum atomic E-state index is -5.08. The molecule has 1 aliphatic heterocycles. The molecule has 27 nitrogen and oxygen atoms in total. The maximum Gasteiger partial charge on any atom is 0.417 e. The number of hydrogen-bond acceptors (Lipinski definition) is 20. The van der Waals surface area contributed by atoms with Gasteiger partial charge in [-0.25, -0.2) is 4.79 Å². The van der Waals surface area contributed by atoms with Gasteiger partial charge in [0.05, 0.1) is 40.6 Å². The highest BCUT2D eigenvalue weighted by Gasteiger charge is 2.62. The van der Waals surface area contributed by atoms with Crippen molar-refractivity contribution in [3.05, 3.63) is 80.6 Å². The first-order valence-electron chi connectivity index (χ1n) is 35.6. The number of nitrogens with one attached hydrogen (secondary N) is 4. The highest BCUT2D eigenvalue weighted by molar-refractivity contribution is 6.37. The first-order valence-corrected chi connectivity index (χ1v) is 36.0. The average Bonchev–Trinajstić information content (AvgIpc) is 1.21. The molecule has 0 saturated carbocycles. The van der Waals surface area contributed by atoms with Crippen molar-refractivity contribution in [2.45, 2.75) is 230 Å². The Labute approximate surface area is 614 Å². The Hall–Kier alpha value is -8.42. The zero-order valence-corrected chi connectivity index (χ0v) is 61.9. The number of carbonyl (C=O) groups is 12. The lowest BCUT2D eigenvalue weighted by atomic mass is 9.61. The van der Waals surface area contributed by atoms with Gasteiger partial charge in [-0.15, -0.1) is 0 Å². The number of aliphatic hydroxyl groups excluding tert-OH is 1. The molecule has 2 aliphatic carbocycles. The predicted molar refractivity (Wildman–Crippen MR) is 385 cm³/mol. The average molecular weight is 1500 g/mol. The number of primary amides is 1. The van der Waals surface area contributed by atoms with E-state index in [9.17, 15) is 101 Å². The van der Waals surface area contributed by atoms with Crippen molar-refractivity contribution in [2.24, 2.45) is 29.0 Å². The molecular formula is C74H105ClF3N9O18. The number of rotatable bonds is 39. The molecule has 0 radical (unpaired) electrons. The molecule has 0 fully saturated rings. The summed E-state index contributed by atoms with van der Waals surface area (Å²) >= 11 is 6.31. The number of carboxylic acids is 1. The lowest BCUT2D eigenvalue weighted by molar-refractivity contribution is -0.253. The number of phenolic OH excluding ortho intramolecular Hbond substituents is 2. The Morgan fingerprint density at radius 3 is 1.81 bits per heavy atom. The van der Waals surface area contributed by atoms with E-state index in [0.29, 0.717) is 55.8 Å². The van der Waals surface area contributed by atoms with Crippen LogP contribution in [0.25, 0.3) is 10.8 Å². The Balaban J connectivity index is 0.000000336. The number of unbranched alkanes of at least 4 members (excludes halogenated alkanes) is 12. The number of ketones is 4. The molecule has 105 heavy (non-hydrogen) atoms. The summed E-state index contributed by atoms with van der Waals surface area (Å²) in [6, 6.07) is 5.65. The van der Waals surface area contributed by atoms with Crippen molar-refractivity contribution in [3.63, 3.8) is 0 Å². The van der Waals surface area contributed by atoms with Gasteiger partial charge in [-0.05, 0) is 161 Å². The van der Waals surface area contributed by atoms with Crippen LogP contribution >= 0.6 is 11.6 Å². The molecule has 6 rings (SSSR count). The Bertz CT molecular complexity index is 3660. The SMILES string of the molecule is CC(C)(NC(=O)CN1C(=O)c2ccccc2C1=O)C(=O)NCCCCC(NC(=O)CC(C)(O)C(F)(F)F)C(=O)O.CCCCCCCCCCCCC(=O)CC(CCCCN)C(=O)NC(CCCCN)C(C)=O.Cc1c2c(c(O)c3c(O)ccc(Cl)c13)C(=O)C1(O)C(O)=C(C(N)=O)C(=O)C(N(C)C)C1C2. The highest BCUT2D eigenvalue weighted by atomic mass is 35.5. The van der Waals surface area contributed by atoms with Gasteiger partial charge in [0.2, 0.25) is 29.4 Å². The summed E-state index contributed by atoms with van der Waals surface area (Å²) in [6.45, 7) is 9.19. The van der Waals surface area contributed by atoms with E-state index in [1.54, 1.807) is 19.1 Å². The van der Waals surface area contributed by atoms with E-state index >= 15 is 0 Å². The number of carbonyl (C=O) groups excluding carboxylic acids is 11. The number of carboxylic acid groups (broad SMARTS) is 1. The number of hydrogen-bond donors (Lipinski definition) is 13. The number of aromatic hydroxyl groups is 2. The monoisotopic (exact) mass is 1500 g/mol. The summed E-state index contributed by atoms with van der Waals surface area (Å²) in [5.41, 5.74) is 8.93. The van der Waals surface area contributed by atoms with E-state index in [0.717, 1.165) is 43.4 Å². The maximum atomic E-state index is 13.6. The molecule has 3 aromatic carbocycles. The van der Waals surface area contributed by atoms with E-state index in [1.165, 1.54) is 115 Å². The second-order valence-electron chi connectivity index (χ2n) is 28.1. The molecule has 7 unspecified atom stereocenters. The van der Waals surface area contributed by atoms with Gasteiger partial charge in [0.1, 0.15) is 46.7 Å². The van der Waals surface area contributed by atoms with Crippen LogP contribution in [0.5, 0.6) is 11.5 Å². The van der Waals surface area contributed by atoms with E-state index in [4.69, 9.17) is 28.8 Å². The predicted octanol–water partition coefficient (Wildman–Crippen LogP) is 7.05. The zero-order chi connectivity index (χ0) is 79.1. The van der Waals surface area contributed by atoms with Crippen molar-refractivity contribution < 1.29 is 101 Å². The molecule has 1 heterocycles. The van der Waals surface area contributed by atoms with E-state index < -0.39 is 130 Å². The van der Waals surface area contributed by atoms with Gasteiger partial charge in [-0.1, -0.05) is 94.9 Å². The van der Waals surface area contributed by atoms with Crippen molar-refractivity contribution in [1.82, 2.24) is 31.1 Å². The second-order valence-corrected chi connectivity index (χ2v) is 28.5. The zero-order valence-electron chi connectivity index (χ0n) is 61.2. The first-order chi connectivity index (χ1) is 49.2. The van der Waals surface area contributed by atoms with Crippen LogP contribution in [0.15, 0.2) is 47.7 Å². The van der Waals surface area contributed by atoms with Crippen LogP contribution in [0.1, 0.15) is 218 Å². The van der Waals surface area contributed by atoms with Gasteiger partial charge in [0, 0.05) is 41.6 Å². The quantitative estimate of drug-likeness (QED) is 0.0154. The number of Topliss-reactive ketones (excluding diaryl/α,β-unsaturated/α-hetero) is 4. The largest absolute Gasteiger partial charge is 0.508 e. The normalized spacial score (nSPS) is 17.7. The number of imide groups is 1. The smallest absolute Gasteiger partial charge is 0.417 e. The highest BCUT2D eigenvalue weighted by Crippen LogP contribution is 2.52. The van der Waals surface area contributed by atoms with E-state index in [1.807, 2.05) is 5.32 Å². The number of alkyl halides is 3. The number of likely N-dealkylation sites (N-methyl/N-ethyl adjacent to an activating group) is 1. The molecule has 3 aromatic rings. The summed E-state index contributed by atoms with van der Waals surface area (Å²) in [5, 5.41) is 72.5. The number of halogens is 4. The van der Waals surface area contributed by atoms with Gasteiger partial charge in [-0.2, -0.15) is 13.2 Å². The molecule has 16 N–H and O–H groups in total. The van der Waals surface area contributed by atoms with Crippen molar-refractivity contribution >= 4 is 92.8 Å². The third-order valence-electron chi connectivity index (χ3n) is 19.1. The van der Waals surface area contributed by atoms with Gasteiger partial charge >= 0.3 is 12.1 Å². The summed E-state index contributed by atoms with van der Waals surface area (Å²) in [6.07, 6.45) is 11.4. The Morgan fingerprint density at radius 1 is 0.743 bits per heavy atom. The van der Waals surface area contributed by atoms with Crippen LogP contribution in [0.2, 0.25) is 5.02 Å². The van der Waals surface area contributed by atoms with Crippen LogP contribution in [-0.2, 0) is 49.6 Å². The molecule has 0 bridgehead atoms. The number of fused-ring (bicyclic) bond motifs is 4. The fourth-order valence-corrected chi connectivity index (χ4v) is 13.4. The molecule has 7 amide bonds. The number of nitrogens with two attached hydrogens (primary N) is 3. The molecule has 0 aromatic heterocycles. The molecule has 31 heteroatoms. The summed E-state index contributed by atoms with van der Waals surface area (Å²) in [4.78, 5) is 151. The first kappa shape index (κ1) is 89.0. The van der Waals surface area contributed by atoms with Gasteiger partial charge in [0.25, 0.3) is 17.7 Å². The van der Waals surface area contributed by atoms with E-state index in [2.05, 4.69) is 22.9 Å². The van der Waals surface area contributed by atoms with Crippen LogP contribution < -0.4 is 38.5 Å². The van der Waals surface area contributed by atoms with Crippen molar-refractivity contribution in [1.29, 1.82) is 0 Å². The van der Waals surface area contributed by atoms with Crippen LogP contribution in [0.4, 0.5) is 13.2 Å². The minimum Gasteiger partial charge on any atom is -0.508 e. The molecule has 0 saturated heterocycles. The molecule has 7 atom stereocenters. The van der Waals surface area contributed by atoms with Crippen molar-refractivity contribution in [2.75, 3.05) is 40.3 Å². The standard InChI is InChI=1S/C27H53N3O3.C25H31F3N4O8.C22H21ClN2O7/c1-3-4-5-6-7-8-9-10-11-12-18-25(32)22-24(17-13-15-20-28)27(33)30-26(23(2)31)19-14-16-21-29;1-23(2,31-18(34)13-32-19(35)14-8-4-5-9-15(14)20(32)36)22(39)29-11-7-6-10-16(21(37)38)30-17(33)12-24(3,40)25(26,27)28;1-7-8-6-9-16(25(2)3)18(28)15(21(24)31)20(30)22(9,32)19(29)13(8)17(27)14-11(26)5-4-10(23)12(7)14/h24,26H,3-22,28-29H2,1-2H3,(H,30,33);4-5,8-9,16,40H,6-7,10-13H2,1-3H3,(H,29,39)(H,30,33)(H,31,34)(H,37,38);4-5,9,16,26-27,30,32H,6H2,1-3H3,(H2,24,31). The number of nitrogens with zero attached hydrogens (tertiary/aromatic N) is 2. The topological polar surface area (TPSA) is 459 Å². The fraction of sp³-hybridized carbons (Fsp3) is 0.595. The summed E-state index contributed by atoms with van der Waals surface area (Å²) < 4.78 is 38.2. The molecule has 3 aliphatic rings. The number of aryl methyl sites for hydroxylation is 1. The number of aliphatic carboxylic acids is 1. The number of aliphatic hydroxyl groups is 3. The number of phenols is 2.